The number of aromatic nitrogens is 2. The van der Waals surface area contributed by atoms with Crippen LogP contribution >= 0.6 is 15.9 Å². The van der Waals surface area contributed by atoms with Crippen LogP contribution < -0.4 is 11.5 Å². The number of nitro benzene ring substituents is 2. The number of guanidine groups is 1. The summed E-state index contributed by atoms with van der Waals surface area (Å²) >= 11 is 3.38. The number of rotatable bonds is 6. The minimum atomic E-state index is -0.712. The minimum Gasteiger partial charge on any atom is -0.369 e. The predicted molar refractivity (Wildman–Crippen MR) is 113 cm³/mol. The van der Waals surface area contributed by atoms with Crippen molar-refractivity contribution in [1.29, 1.82) is 0 Å². The van der Waals surface area contributed by atoms with Gasteiger partial charge in [-0.2, -0.15) is 10.2 Å². The van der Waals surface area contributed by atoms with E-state index in [1.165, 1.54) is 23.2 Å². The van der Waals surface area contributed by atoms with Gasteiger partial charge in [0.15, 0.2) is 0 Å². The molecule has 3 aromatic rings. The molecule has 2 aromatic carbocycles. The van der Waals surface area contributed by atoms with E-state index in [-0.39, 0.29) is 11.6 Å². The number of halogens is 1. The first kappa shape index (κ1) is 20.6. The third kappa shape index (κ3) is 4.47. The lowest BCUT2D eigenvalue weighted by molar-refractivity contribution is -0.394. The molecular formula is C17H13BrN8O4. The van der Waals surface area contributed by atoms with Gasteiger partial charge < -0.3 is 11.5 Å². The van der Waals surface area contributed by atoms with Crippen LogP contribution in [0.4, 0.5) is 11.4 Å². The zero-order chi connectivity index (χ0) is 21.8. The van der Waals surface area contributed by atoms with Crippen molar-refractivity contribution in [3.05, 3.63) is 78.9 Å². The summed E-state index contributed by atoms with van der Waals surface area (Å²) in [6.07, 6.45) is 2.83. The molecule has 0 spiro atoms. The Morgan fingerprint density at radius 2 is 1.90 bits per heavy atom. The molecule has 0 fully saturated rings. The third-order valence-electron chi connectivity index (χ3n) is 3.82. The Hall–Kier alpha value is -4.13. The van der Waals surface area contributed by atoms with Gasteiger partial charge in [-0.25, -0.2) is 4.68 Å². The Kier molecular flexibility index (Phi) is 5.83. The van der Waals surface area contributed by atoms with Gasteiger partial charge in [0.1, 0.15) is 11.4 Å². The van der Waals surface area contributed by atoms with E-state index in [2.05, 4.69) is 31.2 Å². The second-order valence-corrected chi connectivity index (χ2v) is 6.76. The second-order valence-electron chi connectivity index (χ2n) is 5.84. The largest absolute Gasteiger partial charge is 0.369 e. The summed E-state index contributed by atoms with van der Waals surface area (Å²) in [5.74, 6) is -0.242. The predicted octanol–water partition coefficient (Wildman–Crippen LogP) is 2.73. The van der Waals surface area contributed by atoms with Crippen LogP contribution in [0.5, 0.6) is 0 Å². The lowest BCUT2D eigenvalue weighted by atomic mass is 10.1. The summed E-state index contributed by atoms with van der Waals surface area (Å²) in [6.45, 7) is 0. The first-order valence-corrected chi connectivity index (χ1v) is 8.96. The lowest BCUT2D eigenvalue weighted by Gasteiger charge is -2.03. The van der Waals surface area contributed by atoms with E-state index in [1.807, 2.05) is 6.07 Å². The van der Waals surface area contributed by atoms with Crippen LogP contribution in [0, 0.1) is 20.2 Å². The molecule has 3 rings (SSSR count). The highest BCUT2D eigenvalue weighted by molar-refractivity contribution is 9.10. The molecule has 0 aliphatic carbocycles. The molecule has 0 unspecified atom stereocenters. The quantitative estimate of drug-likeness (QED) is 0.239. The number of hydrogen-bond acceptors (Lipinski definition) is 7. The molecule has 0 aliphatic heterocycles. The van der Waals surface area contributed by atoms with E-state index in [1.54, 1.807) is 18.2 Å². The molecule has 0 bridgehead atoms. The zero-order valence-electron chi connectivity index (χ0n) is 15.0. The van der Waals surface area contributed by atoms with Crippen molar-refractivity contribution in [2.24, 2.45) is 21.7 Å². The van der Waals surface area contributed by atoms with Crippen LogP contribution in [0.25, 0.3) is 16.9 Å². The van der Waals surface area contributed by atoms with Crippen LogP contribution in [0.15, 0.2) is 63.3 Å². The molecule has 13 heteroatoms. The van der Waals surface area contributed by atoms with E-state index in [9.17, 15) is 20.2 Å². The van der Waals surface area contributed by atoms with Crippen molar-refractivity contribution in [2.45, 2.75) is 0 Å². The van der Waals surface area contributed by atoms with Crippen LogP contribution in [0.3, 0.4) is 0 Å². The molecule has 152 valence electrons. The molecule has 0 radical (unpaired) electrons. The van der Waals surface area contributed by atoms with E-state index in [0.717, 1.165) is 16.6 Å². The maximum absolute atomic E-state index is 11.5. The highest BCUT2D eigenvalue weighted by Crippen LogP contribution is 2.30. The van der Waals surface area contributed by atoms with E-state index in [0.29, 0.717) is 16.8 Å². The summed E-state index contributed by atoms with van der Waals surface area (Å²) in [5, 5.41) is 34.2. The summed E-state index contributed by atoms with van der Waals surface area (Å²) in [6, 6.07) is 10.5. The molecule has 0 amide bonds. The molecule has 1 aromatic heterocycles. The summed E-state index contributed by atoms with van der Waals surface area (Å²) < 4.78 is 2.04. The maximum atomic E-state index is 11.5. The SMILES string of the molecule is NC(N)=N/N=C/c1cn(-c2ccc([N+](=O)[O-])cc2[N+](=O)[O-])nc1-c1cccc(Br)c1. The Bertz CT molecular complexity index is 1200. The molecule has 1 heterocycles. The van der Waals surface area contributed by atoms with Gasteiger partial charge in [0.25, 0.3) is 5.69 Å². The van der Waals surface area contributed by atoms with Crippen LogP contribution in [0.2, 0.25) is 0 Å². The molecule has 4 N–H and O–H groups in total. The number of nitrogens with two attached hydrogens (primary N) is 2. The highest BCUT2D eigenvalue weighted by atomic mass is 79.9. The van der Waals surface area contributed by atoms with Crippen molar-refractivity contribution < 1.29 is 9.85 Å². The fourth-order valence-electron chi connectivity index (χ4n) is 2.59. The van der Waals surface area contributed by atoms with Crippen molar-refractivity contribution in [3.63, 3.8) is 0 Å². The van der Waals surface area contributed by atoms with Gasteiger partial charge in [0.2, 0.25) is 5.96 Å². The van der Waals surface area contributed by atoms with Gasteiger partial charge in [-0.1, -0.05) is 28.1 Å². The van der Waals surface area contributed by atoms with E-state index < -0.39 is 21.2 Å². The summed E-state index contributed by atoms with van der Waals surface area (Å²) in [5.41, 5.74) is 11.3. The van der Waals surface area contributed by atoms with Crippen molar-refractivity contribution in [3.8, 4) is 16.9 Å². The molecular weight excluding hydrogens is 460 g/mol. The van der Waals surface area contributed by atoms with Crippen LogP contribution in [0.1, 0.15) is 5.56 Å². The van der Waals surface area contributed by atoms with Crippen molar-refractivity contribution >= 4 is 39.5 Å². The summed E-state index contributed by atoms with van der Waals surface area (Å²) in [7, 11) is 0. The molecule has 0 saturated heterocycles. The van der Waals surface area contributed by atoms with Crippen molar-refractivity contribution in [2.75, 3.05) is 0 Å². The van der Waals surface area contributed by atoms with Crippen LogP contribution in [-0.4, -0.2) is 31.8 Å². The minimum absolute atomic E-state index is 0.0448. The third-order valence-corrected chi connectivity index (χ3v) is 4.32. The first-order chi connectivity index (χ1) is 14.3. The smallest absolute Gasteiger partial charge is 0.301 e. The number of non-ortho nitro benzene ring substituents is 1. The average Bonchev–Trinajstić information content (AvgIpc) is 3.11. The number of nitrogens with zero attached hydrogens (tertiary/aromatic N) is 6. The monoisotopic (exact) mass is 472 g/mol. The summed E-state index contributed by atoms with van der Waals surface area (Å²) in [4.78, 5) is 21.0. The first-order valence-electron chi connectivity index (χ1n) is 8.17. The fourth-order valence-corrected chi connectivity index (χ4v) is 2.99. The molecule has 0 aliphatic rings. The molecule has 12 nitrogen and oxygen atoms in total. The number of hydrogen-bond donors (Lipinski definition) is 2. The maximum Gasteiger partial charge on any atom is 0.301 e. The van der Waals surface area contributed by atoms with E-state index in [4.69, 9.17) is 11.5 Å². The fraction of sp³-hybridized carbons (Fsp3) is 0. The second kappa shape index (κ2) is 8.48. The van der Waals surface area contributed by atoms with Gasteiger partial charge in [0.05, 0.1) is 22.1 Å². The van der Waals surface area contributed by atoms with Gasteiger partial charge in [0, 0.05) is 27.9 Å². The lowest BCUT2D eigenvalue weighted by Crippen LogP contribution is -2.21. The van der Waals surface area contributed by atoms with Gasteiger partial charge in [-0.15, -0.1) is 5.10 Å². The van der Waals surface area contributed by atoms with Gasteiger partial charge in [-0.3, -0.25) is 20.2 Å². The molecule has 0 atom stereocenters. The van der Waals surface area contributed by atoms with Crippen LogP contribution in [-0.2, 0) is 0 Å². The van der Waals surface area contributed by atoms with E-state index >= 15 is 0 Å². The topological polar surface area (TPSA) is 181 Å². The Labute approximate surface area is 176 Å². The molecule has 0 saturated carbocycles. The number of nitro groups is 2. The van der Waals surface area contributed by atoms with Crippen molar-refractivity contribution in [1.82, 2.24) is 9.78 Å². The zero-order valence-corrected chi connectivity index (χ0v) is 16.6. The average molecular weight is 473 g/mol. The Morgan fingerprint density at radius 1 is 1.13 bits per heavy atom. The Morgan fingerprint density at radius 3 is 2.53 bits per heavy atom. The van der Waals surface area contributed by atoms with Gasteiger partial charge in [-0.05, 0) is 18.2 Å². The molecule has 30 heavy (non-hydrogen) atoms. The van der Waals surface area contributed by atoms with Gasteiger partial charge >= 0.3 is 5.69 Å². The standard InChI is InChI=1S/C17H13BrN8O4/c18-12-3-1-2-10(6-12)16-11(8-21-22-17(19)20)9-24(23-16)14-5-4-13(25(27)28)7-15(14)26(29)30/h1-9H,(H4,19,20,22)/b21-8+. The highest BCUT2D eigenvalue weighted by Gasteiger charge is 2.22. The normalized spacial score (nSPS) is 10.8. The Balaban J connectivity index is 2.19. The number of benzene rings is 2.